The molecule has 0 unspecified atom stereocenters. The van der Waals surface area contributed by atoms with E-state index in [1.165, 1.54) is 15.8 Å². The highest BCUT2D eigenvalue weighted by atomic mass is 28.3. The molecule has 4 rings (SSSR count). The molecule has 1 aromatic heterocycles. The highest BCUT2D eigenvalue weighted by molar-refractivity contribution is 6.76. The van der Waals surface area contributed by atoms with Gasteiger partial charge in [-0.2, -0.15) is 13.2 Å². The Morgan fingerprint density at radius 2 is 1.57 bits per heavy atom. The van der Waals surface area contributed by atoms with Crippen LogP contribution in [0.1, 0.15) is 24.8 Å². The van der Waals surface area contributed by atoms with E-state index in [0.717, 1.165) is 48.0 Å². The lowest BCUT2D eigenvalue weighted by Crippen LogP contribution is -2.40. The van der Waals surface area contributed by atoms with E-state index in [9.17, 15) is 18.0 Å². The van der Waals surface area contributed by atoms with Crippen molar-refractivity contribution in [3.8, 4) is 16.9 Å². The van der Waals surface area contributed by atoms with E-state index in [4.69, 9.17) is 18.9 Å². The molecule has 2 heterocycles. The predicted octanol–water partition coefficient (Wildman–Crippen LogP) is 8.25. The smallest absolute Gasteiger partial charge is 0.401 e. The molecule has 0 bridgehead atoms. The summed E-state index contributed by atoms with van der Waals surface area (Å²) < 4.78 is 63.7. The SMILES string of the molecule is C[Si](C)(C)CCOCOc1cc(-c2ccccc2COCCC2CCN(CC(F)(F)F)CC2)cc2c(=O)n(COCC[Si](C)(C)C)cnc12. The van der Waals surface area contributed by atoms with Crippen LogP contribution in [-0.2, 0) is 27.5 Å². The van der Waals surface area contributed by atoms with Crippen molar-refractivity contribution < 1.29 is 32.1 Å². The van der Waals surface area contributed by atoms with Gasteiger partial charge in [-0.25, -0.2) is 4.98 Å². The monoisotopic (exact) mass is 721 g/mol. The molecule has 2 aromatic carbocycles. The number of hydrogen-bond donors (Lipinski definition) is 0. The number of piperidine rings is 1. The van der Waals surface area contributed by atoms with Gasteiger partial charge in [0.1, 0.15) is 24.3 Å². The summed E-state index contributed by atoms with van der Waals surface area (Å²) in [6, 6.07) is 13.7. The maximum atomic E-state index is 13.8. The third kappa shape index (κ3) is 13.3. The van der Waals surface area contributed by atoms with Crippen molar-refractivity contribution in [2.24, 2.45) is 5.92 Å². The van der Waals surface area contributed by atoms with Crippen LogP contribution in [-0.4, -0.2) is 83.0 Å². The van der Waals surface area contributed by atoms with Crippen LogP contribution >= 0.6 is 0 Å². The molecule has 1 fully saturated rings. The van der Waals surface area contributed by atoms with Crippen molar-refractivity contribution in [2.45, 2.75) is 90.1 Å². The van der Waals surface area contributed by atoms with Gasteiger partial charge in [-0.1, -0.05) is 63.5 Å². The van der Waals surface area contributed by atoms with E-state index in [-0.39, 0.29) is 19.1 Å². The number of alkyl halides is 3. The fraction of sp³-hybridized carbons (Fsp3) is 0.611. The first kappa shape index (κ1) is 39.2. The van der Waals surface area contributed by atoms with E-state index in [0.29, 0.717) is 62.1 Å². The lowest BCUT2D eigenvalue weighted by Gasteiger charge is -2.32. The molecule has 0 N–H and O–H groups in total. The lowest BCUT2D eigenvalue weighted by molar-refractivity contribution is -0.148. The number of ether oxygens (including phenoxy) is 4. The molecule has 0 aliphatic carbocycles. The van der Waals surface area contributed by atoms with Crippen molar-refractivity contribution in [2.75, 3.05) is 46.2 Å². The van der Waals surface area contributed by atoms with Crippen LogP contribution in [0, 0.1) is 5.92 Å². The second kappa shape index (κ2) is 17.6. The van der Waals surface area contributed by atoms with Gasteiger partial charge in [0, 0.05) is 36.0 Å². The number of benzene rings is 2. The number of nitrogens with zero attached hydrogens (tertiary/aromatic N) is 3. The topological polar surface area (TPSA) is 75.0 Å². The second-order valence-electron chi connectivity index (χ2n) is 15.6. The number of fused-ring (bicyclic) bond motifs is 1. The van der Waals surface area contributed by atoms with Gasteiger partial charge in [0.05, 0.1) is 18.5 Å². The fourth-order valence-corrected chi connectivity index (χ4v) is 7.24. The van der Waals surface area contributed by atoms with Crippen LogP contribution in [0.3, 0.4) is 0 Å². The minimum atomic E-state index is -4.16. The first-order valence-electron chi connectivity index (χ1n) is 17.3. The number of rotatable bonds is 18. The van der Waals surface area contributed by atoms with Gasteiger partial charge in [0.25, 0.3) is 5.56 Å². The largest absolute Gasteiger partial charge is 0.465 e. The summed E-state index contributed by atoms with van der Waals surface area (Å²) in [5.41, 5.74) is 2.93. The average Bonchev–Trinajstić information content (AvgIpc) is 3.01. The van der Waals surface area contributed by atoms with Crippen LogP contribution in [0.5, 0.6) is 5.75 Å². The van der Waals surface area contributed by atoms with Crippen molar-refractivity contribution in [1.82, 2.24) is 14.5 Å². The summed E-state index contributed by atoms with van der Waals surface area (Å²) in [6.07, 6.45) is -0.352. The molecule has 0 amide bonds. The third-order valence-electron chi connectivity index (χ3n) is 8.78. The van der Waals surface area contributed by atoms with Crippen molar-refractivity contribution in [3.63, 3.8) is 0 Å². The van der Waals surface area contributed by atoms with E-state index < -0.39 is 28.9 Å². The highest BCUT2D eigenvalue weighted by Gasteiger charge is 2.32. The maximum absolute atomic E-state index is 13.8. The van der Waals surface area contributed by atoms with E-state index in [2.05, 4.69) is 44.3 Å². The first-order valence-corrected chi connectivity index (χ1v) is 24.8. The molecule has 8 nitrogen and oxygen atoms in total. The lowest BCUT2D eigenvalue weighted by atomic mass is 9.94. The molecule has 272 valence electrons. The Morgan fingerprint density at radius 3 is 2.24 bits per heavy atom. The minimum Gasteiger partial charge on any atom is -0.465 e. The van der Waals surface area contributed by atoms with Crippen LogP contribution in [0.2, 0.25) is 51.4 Å². The zero-order valence-electron chi connectivity index (χ0n) is 30.0. The van der Waals surface area contributed by atoms with Gasteiger partial charge in [0.15, 0.2) is 6.79 Å². The zero-order valence-corrected chi connectivity index (χ0v) is 32.0. The molecule has 49 heavy (non-hydrogen) atoms. The Bertz CT molecular complexity index is 1550. The minimum absolute atomic E-state index is 0.0491. The fourth-order valence-electron chi connectivity index (χ4n) is 5.73. The molecule has 1 aliphatic heterocycles. The van der Waals surface area contributed by atoms with Crippen LogP contribution in [0.25, 0.3) is 22.0 Å². The summed E-state index contributed by atoms with van der Waals surface area (Å²) in [6.45, 7) is 16.1. The van der Waals surface area contributed by atoms with Gasteiger partial charge in [-0.15, -0.1) is 0 Å². The molecule has 0 radical (unpaired) electrons. The third-order valence-corrected chi connectivity index (χ3v) is 12.2. The van der Waals surface area contributed by atoms with Crippen molar-refractivity contribution in [3.05, 3.63) is 58.6 Å². The van der Waals surface area contributed by atoms with Gasteiger partial charge in [-0.05, 0) is 79.2 Å². The van der Waals surface area contributed by atoms with Gasteiger partial charge in [0.2, 0.25) is 0 Å². The van der Waals surface area contributed by atoms with E-state index in [1.54, 1.807) is 0 Å². The van der Waals surface area contributed by atoms with Crippen molar-refractivity contribution >= 4 is 27.1 Å². The summed E-state index contributed by atoms with van der Waals surface area (Å²) in [7, 11) is -2.53. The second-order valence-corrected chi connectivity index (χ2v) is 26.8. The standard InChI is InChI=1S/C36H54F3N3O5Si2/c1-48(2,3)19-17-45-26-42-25-40-34-32(35(42)43)21-30(22-33(34)47-27-46-18-20-49(4,5)6)31-10-8-7-9-29(31)23-44-16-13-28-11-14-41(15-12-28)24-36(37,38)39/h7-10,21-22,25,28H,11-20,23-24,26-27H2,1-6H3. The Kier molecular flexibility index (Phi) is 14.1. The Morgan fingerprint density at radius 1 is 0.898 bits per heavy atom. The molecule has 1 saturated heterocycles. The molecule has 3 aromatic rings. The number of hydrogen-bond acceptors (Lipinski definition) is 7. The summed E-state index contributed by atoms with van der Waals surface area (Å²) >= 11 is 0. The average molecular weight is 722 g/mol. The van der Waals surface area contributed by atoms with Crippen LogP contribution in [0.4, 0.5) is 13.2 Å². The van der Waals surface area contributed by atoms with Crippen molar-refractivity contribution in [1.29, 1.82) is 0 Å². The predicted molar refractivity (Wildman–Crippen MR) is 195 cm³/mol. The summed E-state index contributed by atoms with van der Waals surface area (Å²) in [5.74, 6) is 0.819. The van der Waals surface area contributed by atoms with Crippen LogP contribution in [0.15, 0.2) is 47.5 Å². The van der Waals surface area contributed by atoms with Crippen LogP contribution < -0.4 is 10.3 Å². The van der Waals surface area contributed by atoms with Gasteiger partial charge in [-0.3, -0.25) is 14.3 Å². The number of likely N-dealkylation sites (tertiary alicyclic amines) is 1. The Labute approximate surface area is 290 Å². The van der Waals surface area contributed by atoms with Gasteiger partial charge >= 0.3 is 6.18 Å². The van der Waals surface area contributed by atoms with Gasteiger partial charge < -0.3 is 18.9 Å². The molecule has 13 heteroatoms. The molecule has 1 aliphatic rings. The van der Waals surface area contributed by atoms with E-state index >= 15 is 0 Å². The Balaban J connectivity index is 1.48. The highest BCUT2D eigenvalue weighted by Crippen LogP contribution is 2.33. The maximum Gasteiger partial charge on any atom is 0.401 e. The molecule has 0 atom stereocenters. The molecular formula is C36H54F3N3O5Si2. The quantitative estimate of drug-likeness (QED) is 0.0744. The first-order chi connectivity index (χ1) is 23.1. The van der Waals surface area contributed by atoms with E-state index in [1.807, 2.05) is 36.4 Å². The summed E-state index contributed by atoms with van der Waals surface area (Å²) in [4.78, 5) is 19.9. The molecular weight excluding hydrogens is 668 g/mol. The number of aromatic nitrogens is 2. The zero-order chi connectivity index (χ0) is 35.7. The summed E-state index contributed by atoms with van der Waals surface area (Å²) in [5, 5.41) is 0.429. The molecule has 0 spiro atoms. The number of halogens is 3. The molecule has 0 saturated carbocycles. The normalized spacial score (nSPS) is 15.3. The Hall–Kier alpha value is -2.56.